The van der Waals surface area contributed by atoms with Gasteiger partial charge in [0.2, 0.25) is 0 Å². The Kier molecular flexibility index (Phi) is 5.91. The van der Waals surface area contributed by atoms with Gasteiger partial charge >= 0.3 is 0 Å². The molecule has 2 rings (SSSR count). The van der Waals surface area contributed by atoms with E-state index in [1.165, 1.54) is 6.07 Å². The third kappa shape index (κ3) is 4.92. The van der Waals surface area contributed by atoms with Gasteiger partial charge in [-0.3, -0.25) is 0 Å². The van der Waals surface area contributed by atoms with E-state index < -0.39 is 0 Å². The van der Waals surface area contributed by atoms with Gasteiger partial charge in [0, 0.05) is 18.3 Å². The molecule has 5 heteroatoms. The molecule has 3 nitrogen and oxygen atoms in total. The van der Waals surface area contributed by atoms with Gasteiger partial charge in [0.1, 0.15) is 18.0 Å². The highest BCUT2D eigenvalue weighted by Crippen LogP contribution is 2.17. The van der Waals surface area contributed by atoms with Crippen molar-refractivity contribution in [2.24, 2.45) is 11.8 Å². The monoisotopic (exact) mass is 353 g/mol. The predicted molar refractivity (Wildman–Crippen MR) is 86.0 cm³/mol. The fourth-order valence-electron chi connectivity index (χ4n) is 2.38. The number of rotatable bonds is 7. The molecule has 0 N–H and O–H groups in total. The molecule has 114 valence electrons. The summed E-state index contributed by atoms with van der Waals surface area (Å²) in [6.07, 6.45) is 3.29. The molecule has 1 aromatic heterocycles. The molecule has 0 fully saturated rings. The van der Waals surface area contributed by atoms with Gasteiger partial charge < -0.3 is 0 Å². The summed E-state index contributed by atoms with van der Waals surface area (Å²) in [6.45, 7) is 5.21. The van der Waals surface area contributed by atoms with Crippen molar-refractivity contribution in [1.82, 2.24) is 14.8 Å². The van der Waals surface area contributed by atoms with E-state index in [-0.39, 0.29) is 5.82 Å². The van der Waals surface area contributed by atoms with E-state index in [1.54, 1.807) is 18.5 Å². The second-order valence-corrected chi connectivity index (χ2v) is 6.46. The molecular weight excluding hydrogens is 333 g/mol. The van der Waals surface area contributed by atoms with Crippen LogP contribution in [0.15, 0.2) is 30.6 Å². The first-order chi connectivity index (χ1) is 10.1. The van der Waals surface area contributed by atoms with Gasteiger partial charge in [0.05, 0.1) is 0 Å². The fraction of sp³-hybridized carbons (Fsp3) is 0.500. The maximum Gasteiger partial charge on any atom is 0.138 e. The Labute approximate surface area is 133 Å². The minimum Gasteiger partial charge on any atom is -0.250 e. The molecule has 1 atom stereocenters. The molecule has 21 heavy (non-hydrogen) atoms. The summed E-state index contributed by atoms with van der Waals surface area (Å²) in [6, 6.07) is 6.81. The first-order valence-corrected chi connectivity index (χ1v) is 8.37. The van der Waals surface area contributed by atoms with Crippen molar-refractivity contribution < 1.29 is 4.39 Å². The second kappa shape index (κ2) is 7.69. The van der Waals surface area contributed by atoms with Crippen LogP contribution in [0.25, 0.3) is 0 Å². The minimum absolute atomic E-state index is 0.177. The summed E-state index contributed by atoms with van der Waals surface area (Å²) in [4.78, 5) is 4.37. The summed E-state index contributed by atoms with van der Waals surface area (Å²) in [5.41, 5.74) is 1.02. The van der Waals surface area contributed by atoms with E-state index in [0.717, 1.165) is 36.1 Å². The number of halogens is 2. The molecule has 0 aliphatic heterocycles. The number of benzene rings is 1. The molecule has 1 aromatic carbocycles. The molecule has 0 saturated heterocycles. The topological polar surface area (TPSA) is 30.7 Å². The van der Waals surface area contributed by atoms with Gasteiger partial charge in [-0.15, -0.1) is 0 Å². The first-order valence-electron chi connectivity index (χ1n) is 7.25. The number of alkyl halides is 1. The Morgan fingerprint density at radius 3 is 2.76 bits per heavy atom. The Morgan fingerprint density at radius 2 is 2.10 bits per heavy atom. The Hall–Kier alpha value is -1.23. The number of hydrogen-bond acceptors (Lipinski definition) is 2. The lowest BCUT2D eigenvalue weighted by Crippen LogP contribution is -2.16. The summed E-state index contributed by atoms with van der Waals surface area (Å²) >= 11 is 3.56. The van der Waals surface area contributed by atoms with E-state index in [4.69, 9.17) is 0 Å². The molecule has 0 radical (unpaired) electrons. The zero-order valence-electron chi connectivity index (χ0n) is 12.5. The number of nitrogens with zero attached hydrogens (tertiary/aromatic N) is 3. The maximum atomic E-state index is 13.3. The Balaban J connectivity index is 2.04. The van der Waals surface area contributed by atoms with Gasteiger partial charge in [-0.2, -0.15) is 5.10 Å². The van der Waals surface area contributed by atoms with Gasteiger partial charge in [-0.25, -0.2) is 14.1 Å². The molecule has 0 saturated carbocycles. The zero-order chi connectivity index (χ0) is 15.2. The van der Waals surface area contributed by atoms with Crippen LogP contribution in [0, 0.1) is 17.7 Å². The number of aromatic nitrogens is 3. The molecule has 0 spiro atoms. The van der Waals surface area contributed by atoms with E-state index in [2.05, 4.69) is 39.9 Å². The Bertz CT molecular complexity index is 568. The smallest absolute Gasteiger partial charge is 0.138 e. The Morgan fingerprint density at radius 1 is 1.29 bits per heavy atom. The molecule has 1 unspecified atom stereocenters. The quantitative estimate of drug-likeness (QED) is 0.707. The molecule has 2 aromatic rings. The highest BCUT2D eigenvalue weighted by Gasteiger charge is 2.14. The van der Waals surface area contributed by atoms with Crippen LogP contribution in [-0.4, -0.2) is 20.1 Å². The van der Waals surface area contributed by atoms with Gasteiger partial charge in [-0.05, 0) is 36.0 Å². The van der Waals surface area contributed by atoms with Crippen LogP contribution in [-0.2, 0) is 19.4 Å². The number of hydrogen-bond donors (Lipinski definition) is 0. The normalized spacial score (nSPS) is 12.8. The molecule has 0 aliphatic carbocycles. The predicted octanol–water partition coefficient (Wildman–Crippen LogP) is 3.87. The highest BCUT2D eigenvalue weighted by atomic mass is 79.9. The van der Waals surface area contributed by atoms with Crippen LogP contribution in [0.2, 0.25) is 0 Å². The van der Waals surface area contributed by atoms with Crippen LogP contribution >= 0.6 is 15.9 Å². The van der Waals surface area contributed by atoms with Gasteiger partial charge in [0.15, 0.2) is 0 Å². The molecule has 0 bridgehead atoms. The van der Waals surface area contributed by atoms with E-state index in [9.17, 15) is 4.39 Å². The summed E-state index contributed by atoms with van der Waals surface area (Å²) in [5, 5.41) is 5.15. The van der Waals surface area contributed by atoms with E-state index in [0.29, 0.717) is 11.8 Å². The standard InChI is InChI=1S/C16H21BrFN3/c1-12(2)10-21-16(19-11-20-21)8-14(9-17)6-13-4-3-5-15(18)7-13/h3-5,7,11-12,14H,6,8-10H2,1-2H3. The summed E-state index contributed by atoms with van der Waals surface area (Å²) in [5.74, 6) is 1.74. The van der Waals surface area contributed by atoms with Crippen molar-refractivity contribution in [3.05, 3.63) is 47.8 Å². The van der Waals surface area contributed by atoms with E-state index in [1.807, 2.05) is 10.7 Å². The van der Waals surface area contributed by atoms with Crippen molar-refractivity contribution in [3.8, 4) is 0 Å². The average Bonchev–Trinajstić information content (AvgIpc) is 2.84. The van der Waals surface area contributed by atoms with Gasteiger partial charge in [-0.1, -0.05) is 41.9 Å². The van der Waals surface area contributed by atoms with Crippen molar-refractivity contribution in [2.75, 3.05) is 5.33 Å². The maximum absolute atomic E-state index is 13.3. The van der Waals surface area contributed by atoms with Crippen molar-refractivity contribution in [2.45, 2.75) is 33.2 Å². The van der Waals surface area contributed by atoms with Crippen LogP contribution in [0.1, 0.15) is 25.2 Å². The largest absolute Gasteiger partial charge is 0.250 e. The van der Waals surface area contributed by atoms with Crippen LogP contribution in [0.3, 0.4) is 0 Å². The zero-order valence-corrected chi connectivity index (χ0v) is 14.1. The van der Waals surface area contributed by atoms with Crippen molar-refractivity contribution in [3.63, 3.8) is 0 Å². The molecule has 1 heterocycles. The van der Waals surface area contributed by atoms with Crippen molar-refractivity contribution in [1.29, 1.82) is 0 Å². The summed E-state index contributed by atoms with van der Waals surface area (Å²) < 4.78 is 15.2. The lowest BCUT2D eigenvalue weighted by Gasteiger charge is -2.15. The third-order valence-corrected chi connectivity index (χ3v) is 4.25. The minimum atomic E-state index is -0.177. The second-order valence-electron chi connectivity index (χ2n) is 5.81. The van der Waals surface area contributed by atoms with Crippen LogP contribution in [0.4, 0.5) is 4.39 Å². The fourth-order valence-corrected chi connectivity index (χ4v) is 2.84. The lowest BCUT2D eigenvalue weighted by atomic mass is 9.97. The lowest BCUT2D eigenvalue weighted by molar-refractivity contribution is 0.448. The van der Waals surface area contributed by atoms with Crippen LogP contribution in [0.5, 0.6) is 0 Å². The van der Waals surface area contributed by atoms with Crippen LogP contribution < -0.4 is 0 Å². The molecule has 0 amide bonds. The van der Waals surface area contributed by atoms with E-state index >= 15 is 0 Å². The molecular formula is C16H21BrFN3. The van der Waals surface area contributed by atoms with Crippen molar-refractivity contribution >= 4 is 15.9 Å². The SMILES string of the molecule is CC(C)Cn1ncnc1CC(CBr)Cc1cccc(F)c1. The first kappa shape index (κ1) is 16.1. The highest BCUT2D eigenvalue weighted by molar-refractivity contribution is 9.09. The average molecular weight is 354 g/mol. The summed E-state index contributed by atoms with van der Waals surface area (Å²) in [7, 11) is 0. The molecule has 0 aliphatic rings. The van der Waals surface area contributed by atoms with Gasteiger partial charge in [0.25, 0.3) is 0 Å². The third-order valence-electron chi connectivity index (χ3n) is 3.34.